The molecule has 3 aromatic rings. The predicted molar refractivity (Wildman–Crippen MR) is 122 cm³/mol. The van der Waals surface area contributed by atoms with Crippen LogP contribution in [0.1, 0.15) is 26.9 Å². The van der Waals surface area contributed by atoms with Gasteiger partial charge in [-0.3, -0.25) is 0 Å². The van der Waals surface area contributed by atoms with Gasteiger partial charge in [-0.25, -0.2) is 9.98 Å². The summed E-state index contributed by atoms with van der Waals surface area (Å²) in [5.74, 6) is 1.75. The molecule has 2 aromatic heterocycles. The first-order valence-electron chi connectivity index (χ1n) is 8.72. The summed E-state index contributed by atoms with van der Waals surface area (Å²) in [5.41, 5.74) is 2.28. The summed E-state index contributed by atoms with van der Waals surface area (Å²) in [5, 5.41) is 7.83. The minimum Gasteiger partial charge on any atom is -0.469 e. The highest BCUT2D eigenvalue weighted by atomic mass is 127. The predicted octanol–water partition coefficient (Wildman–Crippen LogP) is 4.45. The number of hydrogen-bond acceptors (Lipinski definition) is 4. The first-order valence-corrected chi connectivity index (χ1v) is 9.54. The number of guanidine groups is 1. The molecule has 0 unspecified atom stereocenters. The highest BCUT2D eigenvalue weighted by Gasteiger charge is 2.06. The number of aliphatic imine (C=N–C) groups is 1. The molecule has 7 heteroatoms. The molecule has 27 heavy (non-hydrogen) atoms. The lowest BCUT2D eigenvalue weighted by molar-refractivity contribution is 0.506. The van der Waals surface area contributed by atoms with Gasteiger partial charge >= 0.3 is 0 Å². The van der Waals surface area contributed by atoms with Crippen LogP contribution in [0.3, 0.4) is 0 Å². The lowest BCUT2D eigenvalue weighted by Crippen LogP contribution is -2.38. The maximum absolute atomic E-state index is 5.38. The number of aromatic nitrogens is 1. The molecule has 0 saturated carbocycles. The Kier molecular flexibility index (Phi) is 8.80. The Hall–Kier alpha value is -1.87. The Morgan fingerprint density at radius 2 is 1.93 bits per heavy atom. The molecule has 0 aliphatic heterocycles. The normalized spacial score (nSPS) is 11.1. The van der Waals surface area contributed by atoms with Crippen molar-refractivity contribution in [3.63, 3.8) is 0 Å². The molecule has 0 saturated heterocycles. The standard InChI is InChI=1S/C20H24N4OS.HI/c1-15-16(2)26-19(24-15)14-23-20(21-11-10-18-9-6-12-25-18)22-13-17-7-4-3-5-8-17;/h3-9,12H,10-11,13-14H2,1-2H3,(H2,21,22,23);1H. The van der Waals surface area contributed by atoms with E-state index in [9.17, 15) is 0 Å². The number of thiazole rings is 1. The molecule has 1 aromatic carbocycles. The van der Waals surface area contributed by atoms with Gasteiger partial charge in [-0.15, -0.1) is 35.3 Å². The number of nitrogens with zero attached hydrogens (tertiary/aromatic N) is 2. The highest BCUT2D eigenvalue weighted by molar-refractivity contribution is 14.0. The summed E-state index contributed by atoms with van der Waals surface area (Å²) < 4.78 is 5.38. The van der Waals surface area contributed by atoms with Crippen molar-refractivity contribution >= 4 is 41.3 Å². The van der Waals surface area contributed by atoms with E-state index in [4.69, 9.17) is 9.41 Å². The molecule has 2 N–H and O–H groups in total. The van der Waals surface area contributed by atoms with E-state index in [0.717, 1.165) is 35.4 Å². The first-order chi connectivity index (χ1) is 12.7. The van der Waals surface area contributed by atoms with E-state index in [2.05, 4.69) is 34.7 Å². The van der Waals surface area contributed by atoms with Crippen molar-refractivity contribution in [2.24, 2.45) is 4.99 Å². The number of rotatable bonds is 7. The molecule has 0 radical (unpaired) electrons. The van der Waals surface area contributed by atoms with E-state index in [1.165, 1.54) is 10.4 Å². The number of aryl methyl sites for hydroxylation is 2. The van der Waals surface area contributed by atoms with Crippen molar-refractivity contribution in [3.05, 3.63) is 75.6 Å². The van der Waals surface area contributed by atoms with E-state index >= 15 is 0 Å². The van der Waals surface area contributed by atoms with Crippen molar-refractivity contribution < 1.29 is 4.42 Å². The van der Waals surface area contributed by atoms with Crippen LogP contribution in [0.2, 0.25) is 0 Å². The fourth-order valence-corrected chi connectivity index (χ4v) is 3.33. The quantitative estimate of drug-likeness (QED) is 0.288. The van der Waals surface area contributed by atoms with E-state index in [1.807, 2.05) is 37.3 Å². The van der Waals surface area contributed by atoms with Crippen LogP contribution in [0.25, 0.3) is 0 Å². The average molecular weight is 496 g/mol. The van der Waals surface area contributed by atoms with E-state index < -0.39 is 0 Å². The molecular formula is C20H25IN4OS. The van der Waals surface area contributed by atoms with Gasteiger partial charge in [-0.05, 0) is 31.5 Å². The number of furan rings is 1. The minimum absolute atomic E-state index is 0. The smallest absolute Gasteiger partial charge is 0.191 e. The maximum Gasteiger partial charge on any atom is 0.191 e. The van der Waals surface area contributed by atoms with Crippen molar-refractivity contribution in [2.75, 3.05) is 6.54 Å². The number of benzene rings is 1. The topological polar surface area (TPSA) is 62.5 Å². The second kappa shape index (κ2) is 11.1. The summed E-state index contributed by atoms with van der Waals surface area (Å²) in [6.45, 7) is 6.20. The van der Waals surface area contributed by atoms with E-state index in [1.54, 1.807) is 17.6 Å². The van der Waals surface area contributed by atoms with Crippen LogP contribution in [0.15, 0.2) is 58.1 Å². The Balaban J connectivity index is 0.00000261. The molecule has 5 nitrogen and oxygen atoms in total. The highest BCUT2D eigenvalue weighted by Crippen LogP contribution is 2.15. The minimum atomic E-state index is 0. The third-order valence-electron chi connectivity index (χ3n) is 3.99. The van der Waals surface area contributed by atoms with Gasteiger partial charge in [-0.2, -0.15) is 0 Å². The van der Waals surface area contributed by atoms with Crippen molar-refractivity contribution in [2.45, 2.75) is 33.4 Å². The van der Waals surface area contributed by atoms with Crippen molar-refractivity contribution in [1.82, 2.24) is 15.6 Å². The fourth-order valence-electron chi connectivity index (χ4n) is 2.46. The molecule has 3 rings (SSSR count). The molecular weight excluding hydrogens is 471 g/mol. The van der Waals surface area contributed by atoms with Gasteiger partial charge in [0.15, 0.2) is 5.96 Å². The lowest BCUT2D eigenvalue weighted by Gasteiger charge is -2.11. The second-order valence-electron chi connectivity index (χ2n) is 6.01. The van der Waals surface area contributed by atoms with E-state index in [-0.39, 0.29) is 24.0 Å². The van der Waals surface area contributed by atoms with Gasteiger partial charge in [-0.1, -0.05) is 30.3 Å². The van der Waals surface area contributed by atoms with Crippen molar-refractivity contribution in [3.8, 4) is 0 Å². The average Bonchev–Trinajstić information content (AvgIpc) is 3.28. The number of nitrogens with one attached hydrogen (secondary N) is 2. The molecule has 0 aliphatic rings. The summed E-state index contributed by atoms with van der Waals surface area (Å²) in [6, 6.07) is 14.1. The Labute approximate surface area is 181 Å². The van der Waals surface area contributed by atoms with E-state index in [0.29, 0.717) is 13.1 Å². The molecule has 0 aliphatic carbocycles. The van der Waals surface area contributed by atoms with Crippen LogP contribution >= 0.6 is 35.3 Å². The summed E-state index contributed by atoms with van der Waals surface area (Å²) >= 11 is 1.72. The molecule has 144 valence electrons. The Bertz CT molecular complexity index is 812. The van der Waals surface area contributed by atoms with Crippen LogP contribution in [-0.2, 0) is 19.5 Å². The van der Waals surface area contributed by atoms with Gasteiger partial charge in [0.25, 0.3) is 0 Å². The van der Waals surface area contributed by atoms with Crippen LogP contribution in [-0.4, -0.2) is 17.5 Å². The molecule has 2 heterocycles. The zero-order valence-electron chi connectivity index (χ0n) is 15.6. The summed E-state index contributed by atoms with van der Waals surface area (Å²) in [4.78, 5) is 10.5. The Morgan fingerprint density at radius 3 is 2.59 bits per heavy atom. The van der Waals surface area contributed by atoms with Crippen LogP contribution in [0, 0.1) is 13.8 Å². The SMILES string of the molecule is Cc1nc(CNC(=NCc2ccccc2)NCCc2ccco2)sc1C.I. The molecule has 0 fully saturated rings. The van der Waals surface area contributed by atoms with Gasteiger partial charge < -0.3 is 15.1 Å². The van der Waals surface area contributed by atoms with Crippen molar-refractivity contribution in [1.29, 1.82) is 0 Å². The molecule has 0 spiro atoms. The zero-order chi connectivity index (χ0) is 18.2. The monoisotopic (exact) mass is 496 g/mol. The van der Waals surface area contributed by atoms with Gasteiger partial charge in [0, 0.05) is 17.8 Å². The van der Waals surface area contributed by atoms with Crippen LogP contribution in [0.5, 0.6) is 0 Å². The maximum atomic E-state index is 5.38. The Morgan fingerprint density at radius 1 is 1.11 bits per heavy atom. The fraction of sp³-hybridized carbons (Fsp3) is 0.300. The van der Waals surface area contributed by atoms with Gasteiger partial charge in [0.1, 0.15) is 10.8 Å². The third-order valence-corrected chi connectivity index (χ3v) is 5.06. The zero-order valence-corrected chi connectivity index (χ0v) is 18.7. The number of hydrogen-bond donors (Lipinski definition) is 2. The lowest BCUT2D eigenvalue weighted by atomic mass is 10.2. The summed E-state index contributed by atoms with van der Waals surface area (Å²) in [7, 11) is 0. The second-order valence-corrected chi connectivity index (χ2v) is 7.30. The molecule has 0 atom stereocenters. The largest absolute Gasteiger partial charge is 0.469 e. The van der Waals surface area contributed by atoms with Crippen LogP contribution < -0.4 is 10.6 Å². The summed E-state index contributed by atoms with van der Waals surface area (Å²) in [6.07, 6.45) is 2.51. The number of halogens is 1. The first kappa shape index (κ1) is 21.4. The third kappa shape index (κ3) is 6.99. The molecule has 0 amide bonds. The van der Waals surface area contributed by atoms with Gasteiger partial charge in [0.05, 0.1) is 25.0 Å². The van der Waals surface area contributed by atoms with Crippen LogP contribution in [0.4, 0.5) is 0 Å². The molecule has 0 bridgehead atoms. The van der Waals surface area contributed by atoms with Gasteiger partial charge in [0.2, 0.25) is 0 Å².